The molecular formula is C9H14O5. The van der Waals surface area contributed by atoms with Crippen LogP contribution in [0.25, 0.3) is 0 Å². The maximum absolute atomic E-state index is 10.5. The standard InChI is InChI=1S/C6H10O3.C3H4O2/c1-5(2)6(8)9-4-3-7;1-2-3(4)5/h7H,1,3-4H2,2H3;2H,1H2,(H,4,5). The van der Waals surface area contributed by atoms with E-state index in [1.54, 1.807) is 6.92 Å². The summed E-state index contributed by atoms with van der Waals surface area (Å²) in [6.45, 7) is 7.78. The fraction of sp³-hybridized carbons (Fsp3) is 0.333. The molecule has 0 amide bonds. The molecule has 0 saturated heterocycles. The third-order valence-electron chi connectivity index (χ3n) is 0.848. The van der Waals surface area contributed by atoms with Crippen LogP contribution in [0.15, 0.2) is 24.8 Å². The molecule has 14 heavy (non-hydrogen) atoms. The number of hydrogen-bond acceptors (Lipinski definition) is 4. The van der Waals surface area contributed by atoms with Crippen LogP contribution in [0.1, 0.15) is 6.92 Å². The van der Waals surface area contributed by atoms with E-state index in [1.165, 1.54) is 0 Å². The zero-order chi connectivity index (χ0) is 11.6. The summed E-state index contributed by atoms with van der Waals surface area (Å²) in [5, 5.41) is 15.8. The predicted molar refractivity (Wildman–Crippen MR) is 50.7 cm³/mol. The second kappa shape index (κ2) is 9.47. The van der Waals surface area contributed by atoms with Crippen molar-refractivity contribution >= 4 is 11.9 Å². The van der Waals surface area contributed by atoms with E-state index in [2.05, 4.69) is 17.9 Å². The Hall–Kier alpha value is -1.62. The van der Waals surface area contributed by atoms with Crippen LogP contribution in [0.4, 0.5) is 0 Å². The van der Waals surface area contributed by atoms with Gasteiger partial charge in [0.1, 0.15) is 6.61 Å². The molecule has 0 saturated carbocycles. The fourth-order valence-electron chi connectivity index (χ4n) is 0.262. The van der Waals surface area contributed by atoms with Crippen LogP contribution in [0.2, 0.25) is 0 Å². The minimum absolute atomic E-state index is 0.0473. The van der Waals surface area contributed by atoms with Crippen molar-refractivity contribution in [3.05, 3.63) is 24.8 Å². The minimum atomic E-state index is -0.981. The number of ether oxygens (including phenoxy) is 1. The Balaban J connectivity index is 0. The number of esters is 1. The van der Waals surface area contributed by atoms with Gasteiger partial charge in [0.05, 0.1) is 6.61 Å². The highest BCUT2D eigenvalue weighted by molar-refractivity contribution is 5.86. The van der Waals surface area contributed by atoms with E-state index in [1.807, 2.05) is 0 Å². The summed E-state index contributed by atoms with van der Waals surface area (Å²) in [7, 11) is 0. The van der Waals surface area contributed by atoms with Crippen molar-refractivity contribution < 1.29 is 24.5 Å². The van der Waals surface area contributed by atoms with Crippen molar-refractivity contribution in [3.8, 4) is 0 Å². The van der Waals surface area contributed by atoms with Crippen molar-refractivity contribution in [2.24, 2.45) is 0 Å². The first-order valence-electron chi connectivity index (χ1n) is 3.74. The molecule has 0 aromatic rings. The normalized spacial score (nSPS) is 7.86. The maximum Gasteiger partial charge on any atom is 0.333 e. The highest BCUT2D eigenvalue weighted by Crippen LogP contribution is 1.89. The molecule has 0 aromatic heterocycles. The zero-order valence-corrected chi connectivity index (χ0v) is 8.02. The van der Waals surface area contributed by atoms with Gasteiger partial charge < -0.3 is 14.9 Å². The third-order valence-corrected chi connectivity index (χ3v) is 0.848. The smallest absolute Gasteiger partial charge is 0.333 e. The summed E-state index contributed by atoms with van der Waals surface area (Å²) >= 11 is 0. The first kappa shape index (κ1) is 14.9. The van der Waals surface area contributed by atoms with E-state index >= 15 is 0 Å². The number of aliphatic hydroxyl groups excluding tert-OH is 1. The fourth-order valence-corrected chi connectivity index (χ4v) is 0.262. The lowest BCUT2D eigenvalue weighted by Crippen LogP contribution is -2.08. The highest BCUT2D eigenvalue weighted by atomic mass is 16.5. The molecule has 0 aromatic carbocycles. The van der Waals surface area contributed by atoms with Crippen LogP contribution < -0.4 is 0 Å². The molecule has 0 rings (SSSR count). The molecule has 0 spiro atoms. The molecule has 5 heteroatoms. The molecule has 0 aliphatic carbocycles. The molecule has 0 bridgehead atoms. The quantitative estimate of drug-likeness (QED) is 0.507. The van der Waals surface area contributed by atoms with Crippen LogP contribution in [-0.4, -0.2) is 35.4 Å². The first-order chi connectivity index (χ1) is 6.45. The van der Waals surface area contributed by atoms with Gasteiger partial charge in [-0.1, -0.05) is 13.2 Å². The molecule has 0 aliphatic rings. The van der Waals surface area contributed by atoms with E-state index < -0.39 is 11.9 Å². The Bertz CT molecular complexity index is 219. The van der Waals surface area contributed by atoms with E-state index in [4.69, 9.17) is 10.2 Å². The molecule has 0 radical (unpaired) electrons. The Morgan fingerprint density at radius 1 is 1.50 bits per heavy atom. The summed E-state index contributed by atoms with van der Waals surface area (Å²) in [6.07, 6.45) is 0.833. The summed E-state index contributed by atoms with van der Waals surface area (Å²) in [6, 6.07) is 0. The van der Waals surface area contributed by atoms with Gasteiger partial charge in [-0.15, -0.1) is 0 Å². The van der Waals surface area contributed by atoms with Crippen molar-refractivity contribution in [2.75, 3.05) is 13.2 Å². The van der Waals surface area contributed by atoms with Crippen molar-refractivity contribution in [1.82, 2.24) is 0 Å². The summed E-state index contributed by atoms with van der Waals surface area (Å²) < 4.78 is 4.46. The molecule has 80 valence electrons. The molecule has 0 atom stereocenters. The van der Waals surface area contributed by atoms with Gasteiger partial charge in [-0.3, -0.25) is 0 Å². The zero-order valence-electron chi connectivity index (χ0n) is 8.02. The number of hydrogen-bond donors (Lipinski definition) is 2. The lowest BCUT2D eigenvalue weighted by molar-refractivity contribution is -0.139. The lowest BCUT2D eigenvalue weighted by atomic mass is 10.4. The Morgan fingerprint density at radius 3 is 2.14 bits per heavy atom. The van der Waals surface area contributed by atoms with Gasteiger partial charge in [-0.05, 0) is 6.92 Å². The van der Waals surface area contributed by atoms with Crippen LogP contribution >= 0.6 is 0 Å². The number of carboxylic acid groups (broad SMARTS) is 1. The second-order valence-electron chi connectivity index (χ2n) is 2.18. The molecular weight excluding hydrogens is 188 g/mol. The number of carboxylic acids is 1. The molecule has 2 N–H and O–H groups in total. The third kappa shape index (κ3) is 13.0. The number of rotatable bonds is 4. The maximum atomic E-state index is 10.5. The van der Waals surface area contributed by atoms with Gasteiger partial charge in [0.25, 0.3) is 0 Å². The van der Waals surface area contributed by atoms with Gasteiger partial charge in [-0.25, -0.2) is 9.59 Å². The summed E-state index contributed by atoms with van der Waals surface area (Å²) in [5.41, 5.74) is 0.350. The van der Waals surface area contributed by atoms with Crippen LogP contribution in [0.5, 0.6) is 0 Å². The van der Waals surface area contributed by atoms with E-state index in [9.17, 15) is 9.59 Å². The molecule has 0 fully saturated rings. The van der Waals surface area contributed by atoms with E-state index in [0.29, 0.717) is 5.57 Å². The Labute approximate surface area is 82.3 Å². The van der Waals surface area contributed by atoms with Crippen LogP contribution in [0, 0.1) is 0 Å². The predicted octanol–water partition coefficient (Wildman–Crippen LogP) is 0.355. The van der Waals surface area contributed by atoms with Crippen molar-refractivity contribution in [2.45, 2.75) is 6.92 Å². The minimum Gasteiger partial charge on any atom is -0.478 e. The monoisotopic (exact) mass is 202 g/mol. The van der Waals surface area contributed by atoms with Crippen LogP contribution in [0.3, 0.4) is 0 Å². The molecule has 5 nitrogen and oxygen atoms in total. The lowest BCUT2D eigenvalue weighted by Gasteiger charge is -1.99. The van der Waals surface area contributed by atoms with E-state index in [0.717, 1.165) is 6.08 Å². The highest BCUT2D eigenvalue weighted by Gasteiger charge is 1.99. The Morgan fingerprint density at radius 2 is 1.93 bits per heavy atom. The van der Waals surface area contributed by atoms with Crippen molar-refractivity contribution in [3.63, 3.8) is 0 Å². The summed E-state index contributed by atoms with van der Waals surface area (Å²) in [5.74, 6) is -1.44. The van der Waals surface area contributed by atoms with Gasteiger partial charge in [-0.2, -0.15) is 0 Å². The largest absolute Gasteiger partial charge is 0.478 e. The van der Waals surface area contributed by atoms with Gasteiger partial charge in [0, 0.05) is 11.6 Å². The van der Waals surface area contributed by atoms with E-state index in [-0.39, 0.29) is 13.2 Å². The number of aliphatic hydroxyl groups is 1. The second-order valence-corrected chi connectivity index (χ2v) is 2.18. The topological polar surface area (TPSA) is 83.8 Å². The SMILES string of the molecule is C=C(C)C(=O)OCCO.C=CC(=O)O. The van der Waals surface area contributed by atoms with Gasteiger partial charge in [0.15, 0.2) is 0 Å². The number of carbonyl (C=O) groups is 2. The Kier molecular flexibility index (Phi) is 10.1. The number of carbonyl (C=O) groups excluding carboxylic acids is 1. The summed E-state index contributed by atoms with van der Waals surface area (Å²) in [4.78, 5) is 19.7. The van der Waals surface area contributed by atoms with Gasteiger partial charge >= 0.3 is 11.9 Å². The molecule has 0 aliphatic heterocycles. The molecule has 0 heterocycles. The molecule has 0 unspecified atom stereocenters. The average Bonchev–Trinajstić information content (AvgIpc) is 2.14. The van der Waals surface area contributed by atoms with Gasteiger partial charge in [0.2, 0.25) is 0 Å². The average molecular weight is 202 g/mol. The van der Waals surface area contributed by atoms with Crippen molar-refractivity contribution in [1.29, 1.82) is 0 Å². The first-order valence-corrected chi connectivity index (χ1v) is 3.74. The number of aliphatic carboxylic acids is 1. The van der Waals surface area contributed by atoms with Crippen LogP contribution in [-0.2, 0) is 14.3 Å².